The van der Waals surface area contributed by atoms with Crippen LogP contribution in [0.4, 0.5) is 0 Å². The van der Waals surface area contributed by atoms with Crippen molar-refractivity contribution in [1.29, 1.82) is 0 Å². The van der Waals surface area contributed by atoms with Gasteiger partial charge in [0.1, 0.15) is 0 Å². The van der Waals surface area contributed by atoms with E-state index in [0.29, 0.717) is 5.41 Å². The summed E-state index contributed by atoms with van der Waals surface area (Å²) < 4.78 is 0. The number of rotatable bonds is 4. The largest absolute Gasteiger partial charge is 0.0654 e. The van der Waals surface area contributed by atoms with Crippen molar-refractivity contribution < 1.29 is 0 Å². The highest BCUT2D eigenvalue weighted by molar-refractivity contribution is 4.65. The molecule has 0 radical (unpaired) electrons. The zero-order valence-corrected chi connectivity index (χ0v) is 8.91. The molecule has 0 aromatic carbocycles. The molecule has 0 amide bonds. The van der Waals surface area contributed by atoms with E-state index >= 15 is 0 Å². The van der Waals surface area contributed by atoms with E-state index < -0.39 is 0 Å². The van der Waals surface area contributed by atoms with E-state index in [4.69, 9.17) is 0 Å². The number of hydrogen-bond acceptors (Lipinski definition) is 0. The Labute approximate surface area is 72.4 Å². The molecule has 0 aromatic rings. The van der Waals surface area contributed by atoms with Crippen LogP contribution in [0.15, 0.2) is 0 Å². The molecule has 0 saturated carbocycles. The first-order valence-corrected chi connectivity index (χ1v) is 4.95. The molecular weight excluding hydrogens is 132 g/mol. The van der Waals surface area contributed by atoms with Crippen LogP contribution in [-0.4, -0.2) is 0 Å². The van der Waals surface area contributed by atoms with Gasteiger partial charge in [0.05, 0.1) is 0 Å². The molecule has 0 rings (SSSR count). The summed E-state index contributed by atoms with van der Waals surface area (Å²) in [6, 6.07) is 0. The molecule has 0 aromatic heterocycles. The fourth-order valence-corrected chi connectivity index (χ4v) is 1.70. The number of hydrogen-bond donors (Lipinski definition) is 0. The summed E-state index contributed by atoms with van der Waals surface area (Å²) in [7, 11) is 0. The van der Waals surface area contributed by atoms with Gasteiger partial charge in [0.15, 0.2) is 0 Å². The Bertz CT molecular complexity index is 86.7. The summed E-state index contributed by atoms with van der Waals surface area (Å²) >= 11 is 0. The van der Waals surface area contributed by atoms with Crippen molar-refractivity contribution in [2.45, 2.75) is 60.3 Å². The highest BCUT2D eigenvalue weighted by atomic mass is 14.2. The minimum Gasteiger partial charge on any atom is -0.0654 e. The smallest absolute Gasteiger partial charge is 0.0380 e. The van der Waals surface area contributed by atoms with Gasteiger partial charge in [-0.15, -0.1) is 0 Å². The molecule has 0 heteroatoms. The summed E-state index contributed by atoms with van der Waals surface area (Å²) in [6.45, 7) is 11.6. The Hall–Kier alpha value is 0. The second-order valence-electron chi connectivity index (χ2n) is 5.01. The van der Waals surface area contributed by atoms with Crippen LogP contribution < -0.4 is 0 Å². The fourth-order valence-electron chi connectivity index (χ4n) is 1.70. The molecule has 0 N–H and O–H groups in total. The second-order valence-corrected chi connectivity index (χ2v) is 5.01. The van der Waals surface area contributed by atoms with Crippen LogP contribution in [0.3, 0.4) is 0 Å². The van der Waals surface area contributed by atoms with Crippen LogP contribution in [0.2, 0.25) is 0 Å². The molecular formula is C11H24. The molecule has 0 aliphatic rings. The van der Waals surface area contributed by atoms with Gasteiger partial charge in [-0.05, 0) is 17.8 Å². The first-order valence-electron chi connectivity index (χ1n) is 4.95. The third-order valence-corrected chi connectivity index (χ3v) is 2.01. The third-order valence-electron chi connectivity index (χ3n) is 2.01. The van der Waals surface area contributed by atoms with Gasteiger partial charge >= 0.3 is 0 Å². The molecule has 0 bridgehead atoms. The van der Waals surface area contributed by atoms with Crippen LogP contribution in [0.1, 0.15) is 60.3 Å². The second kappa shape index (κ2) is 4.79. The minimum atomic E-state index is 0.521. The fraction of sp³-hybridized carbons (Fsp3) is 1.00. The standard InChI is InChI=1S/C11H24/c1-6-7-8-10(2)9-11(3,4)5/h10H,6-9H2,1-5H3/t10-/m0/s1. The van der Waals surface area contributed by atoms with Gasteiger partial charge in [-0.25, -0.2) is 0 Å². The lowest BCUT2D eigenvalue weighted by molar-refractivity contribution is 0.293. The summed E-state index contributed by atoms with van der Waals surface area (Å²) in [4.78, 5) is 0. The van der Waals surface area contributed by atoms with Gasteiger partial charge in [-0.2, -0.15) is 0 Å². The van der Waals surface area contributed by atoms with Crippen molar-refractivity contribution in [3.63, 3.8) is 0 Å². The van der Waals surface area contributed by atoms with Crippen LogP contribution in [-0.2, 0) is 0 Å². The molecule has 0 saturated heterocycles. The monoisotopic (exact) mass is 156 g/mol. The van der Waals surface area contributed by atoms with Crippen molar-refractivity contribution in [1.82, 2.24) is 0 Å². The molecule has 0 aliphatic heterocycles. The van der Waals surface area contributed by atoms with E-state index in [1.54, 1.807) is 0 Å². The lowest BCUT2D eigenvalue weighted by Gasteiger charge is -2.22. The molecule has 68 valence electrons. The van der Waals surface area contributed by atoms with Gasteiger partial charge < -0.3 is 0 Å². The van der Waals surface area contributed by atoms with Crippen LogP contribution in [0.25, 0.3) is 0 Å². The highest BCUT2D eigenvalue weighted by Crippen LogP contribution is 2.26. The maximum Gasteiger partial charge on any atom is -0.0380 e. The van der Waals surface area contributed by atoms with Gasteiger partial charge in [0.25, 0.3) is 0 Å². The molecule has 0 spiro atoms. The van der Waals surface area contributed by atoms with Gasteiger partial charge in [0, 0.05) is 0 Å². The van der Waals surface area contributed by atoms with Crippen molar-refractivity contribution in [3.05, 3.63) is 0 Å². The quantitative estimate of drug-likeness (QED) is 0.571. The maximum absolute atomic E-state index is 2.38. The third kappa shape index (κ3) is 7.90. The zero-order valence-electron chi connectivity index (χ0n) is 8.91. The van der Waals surface area contributed by atoms with E-state index in [2.05, 4.69) is 34.6 Å². The average Bonchev–Trinajstić information content (AvgIpc) is 1.79. The van der Waals surface area contributed by atoms with Gasteiger partial charge in [0.2, 0.25) is 0 Å². The zero-order chi connectivity index (χ0) is 8.91. The lowest BCUT2D eigenvalue weighted by Crippen LogP contribution is -2.10. The molecule has 11 heavy (non-hydrogen) atoms. The first kappa shape index (κ1) is 11.0. The van der Waals surface area contributed by atoms with Crippen molar-refractivity contribution in [3.8, 4) is 0 Å². The van der Waals surface area contributed by atoms with Crippen LogP contribution >= 0.6 is 0 Å². The van der Waals surface area contributed by atoms with E-state index in [1.807, 2.05) is 0 Å². The average molecular weight is 156 g/mol. The first-order chi connectivity index (χ1) is 4.95. The topological polar surface area (TPSA) is 0 Å². The summed E-state index contributed by atoms with van der Waals surface area (Å²) in [6.07, 6.45) is 5.52. The van der Waals surface area contributed by atoms with Crippen molar-refractivity contribution >= 4 is 0 Å². The summed E-state index contributed by atoms with van der Waals surface area (Å²) in [5.74, 6) is 0.912. The molecule has 1 atom stereocenters. The molecule has 0 nitrogen and oxygen atoms in total. The normalized spacial score (nSPS) is 15.0. The molecule has 0 unspecified atom stereocenters. The van der Waals surface area contributed by atoms with E-state index in [9.17, 15) is 0 Å². The summed E-state index contributed by atoms with van der Waals surface area (Å²) in [5, 5.41) is 0. The Balaban J connectivity index is 3.44. The van der Waals surface area contributed by atoms with E-state index in [1.165, 1.54) is 25.7 Å². The summed E-state index contributed by atoms with van der Waals surface area (Å²) in [5.41, 5.74) is 0.521. The van der Waals surface area contributed by atoms with Crippen LogP contribution in [0, 0.1) is 11.3 Å². The SMILES string of the molecule is CCCC[C@H](C)CC(C)(C)C. The highest BCUT2D eigenvalue weighted by Gasteiger charge is 2.14. The molecule has 0 fully saturated rings. The van der Waals surface area contributed by atoms with Gasteiger partial charge in [-0.3, -0.25) is 0 Å². The van der Waals surface area contributed by atoms with Crippen molar-refractivity contribution in [2.24, 2.45) is 11.3 Å². The lowest BCUT2D eigenvalue weighted by atomic mass is 9.83. The van der Waals surface area contributed by atoms with E-state index in [0.717, 1.165) is 5.92 Å². The number of unbranched alkanes of at least 4 members (excludes halogenated alkanes) is 1. The Kier molecular flexibility index (Phi) is 4.79. The Morgan fingerprint density at radius 2 is 1.73 bits per heavy atom. The van der Waals surface area contributed by atoms with Gasteiger partial charge in [-0.1, -0.05) is 53.9 Å². The Morgan fingerprint density at radius 3 is 2.09 bits per heavy atom. The Morgan fingerprint density at radius 1 is 1.18 bits per heavy atom. The van der Waals surface area contributed by atoms with Crippen molar-refractivity contribution in [2.75, 3.05) is 0 Å². The molecule has 0 heterocycles. The predicted octanol–water partition coefficient (Wildman–Crippen LogP) is 4.25. The predicted molar refractivity (Wildman–Crippen MR) is 52.8 cm³/mol. The van der Waals surface area contributed by atoms with Crippen LogP contribution in [0.5, 0.6) is 0 Å². The maximum atomic E-state index is 2.38. The van der Waals surface area contributed by atoms with E-state index in [-0.39, 0.29) is 0 Å². The molecule has 0 aliphatic carbocycles. The minimum absolute atomic E-state index is 0.521.